The lowest BCUT2D eigenvalue weighted by Crippen LogP contribution is -2.29. The number of furan rings is 1. The van der Waals surface area contributed by atoms with Gasteiger partial charge in [0.15, 0.2) is 0 Å². The van der Waals surface area contributed by atoms with Gasteiger partial charge in [-0.3, -0.25) is 9.00 Å². The number of nitrogens with zero attached hydrogens (tertiary/aromatic N) is 1. The Labute approximate surface area is 229 Å². The normalized spacial score (nSPS) is 14.2. The second-order valence-electron chi connectivity index (χ2n) is 9.12. The molecule has 1 saturated carbocycles. The summed E-state index contributed by atoms with van der Waals surface area (Å²) in [5.41, 5.74) is 8.90. The van der Waals surface area contributed by atoms with E-state index in [-0.39, 0.29) is 12.1 Å². The number of primary amides is 1. The van der Waals surface area contributed by atoms with Crippen LogP contribution in [0.4, 0.5) is 10.1 Å². The van der Waals surface area contributed by atoms with E-state index >= 15 is 0 Å². The van der Waals surface area contributed by atoms with Gasteiger partial charge in [0.2, 0.25) is 0 Å². The van der Waals surface area contributed by atoms with Crippen LogP contribution >= 0.6 is 27.5 Å². The SMILES string of the molecule is NC(=O)c1c(-c2ccc(Cl)cc2)oc2cc(N(CCc3ccc(Br)c(F)c3)S(=O)[O-])c(CC3CC3)cc12. The topological polar surface area (TPSA) is 99.6 Å². The number of nitrogens with two attached hydrogens (primary N) is 1. The zero-order chi connectivity index (χ0) is 26.3. The molecular formula is C27H22BrClFN2O4S-. The highest BCUT2D eigenvalue weighted by atomic mass is 79.9. The fourth-order valence-electron chi connectivity index (χ4n) is 4.46. The van der Waals surface area contributed by atoms with Crippen LogP contribution in [0.5, 0.6) is 0 Å². The average molecular weight is 605 g/mol. The van der Waals surface area contributed by atoms with Crippen molar-refractivity contribution in [3.63, 3.8) is 0 Å². The molecule has 0 spiro atoms. The van der Waals surface area contributed by atoms with Crippen molar-refractivity contribution in [1.29, 1.82) is 0 Å². The van der Waals surface area contributed by atoms with Gasteiger partial charge < -0.3 is 19.0 Å². The molecule has 10 heteroatoms. The monoisotopic (exact) mass is 603 g/mol. The van der Waals surface area contributed by atoms with Gasteiger partial charge in [-0.1, -0.05) is 17.7 Å². The molecule has 0 bridgehead atoms. The molecule has 2 N–H and O–H groups in total. The van der Waals surface area contributed by atoms with Gasteiger partial charge in [-0.25, -0.2) is 4.39 Å². The molecular weight excluding hydrogens is 583 g/mol. The third-order valence-corrected chi connectivity index (χ3v) is 8.12. The number of hydrogen-bond donors (Lipinski definition) is 1. The molecule has 37 heavy (non-hydrogen) atoms. The van der Waals surface area contributed by atoms with E-state index in [2.05, 4.69) is 15.9 Å². The van der Waals surface area contributed by atoms with E-state index in [4.69, 9.17) is 21.8 Å². The minimum absolute atomic E-state index is 0.105. The molecule has 3 aromatic carbocycles. The van der Waals surface area contributed by atoms with Gasteiger partial charge in [0.1, 0.15) is 17.2 Å². The van der Waals surface area contributed by atoms with Crippen LogP contribution in [0, 0.1) is 11.7 Å². The zero-order valence-electron chi connectivity index (χ0n) is 19.5. The Bertz CT molecular complexity index is 1520. The Morgan fingerprint density at radius 1 is 1.19 bits per heavy atom. The summed E-state index contributed by atoms with van der Waals surface area (Å²) in [5.74, 6) is -0.310. The molecule has 1 unspecified atom stereocenters. The Kier molecular flexibility index (Phi) is 7.40. The highest BCUT2D eigenvalue weighted by Crippen LogP contribution is 2.41. The van der Waals surface area contributed by atoms with Crippen molar-refractivity contribution in [2.75, 3.05) is 10.8 Å². The highest BCUT2D eigenvalue weighted by Gasteiger charge is 2.27. The largest absolute Gasteiger partial charge is 0.755 e. The lowest BCUT2D eigenvalue weighted by molar-refractivity contribution is 0.100. The Hall–Kier alpha value is -2.72. The molecule has 192 valence electrons. The van der Waals surface area contributed by atoms with E-state index < -0.39 is 23.0 Å². The number of rotatable bonds is 9. The van der Waals surface area contributed by atoms with Crippen molar-refractivity contribution < 1.29 is 22.4 Å². The maximum Gasteiger partial charge on any atom is 0.253 e. The van der Waals surface area contributed by atoms with Crippen molar-refractivity contribution >= 4 is 61.4 Å². The average Bonchev–Trinajstić information content (AvgIpc) is 3.59. The zero-order valence-corrected chi connectivity index (χ0v) is 22.7. The molecule has 1 aromatic heterocycles. The fourth-order valence-corrected chi connectivity index (χ4v) is 5.40. The molecule has 1 heterocycles. The third-order valence-electron chi connectivity index (χ3n) is 6.48. The van der Waals surface area contributed by atoms with E-state index in [1.165, 1.54) is 10.4 Å². The summed E-state index contributed by atoms with van der Waals surface area (Å²) in [5, 5.41) is 1.07. The lowest BCUT2D eigenvalue weighted by atomic mass is 10.00. The first-order chi connectivity index (χ1) is 17.7. The molecule has 0 aliphatic heterocycles. The van der Waals surface area contributed by atoms with Gasteiger partial charge in [-0.2, -0.15) is 0 Å². The summed E-state index contributed by atoms with van der Waals surface area (Å²) in [6.07, 6.45) is 3.08. The molecule has 4 aromatic rings. The summed E-state index contributed by atoms with van der Waals surface area (Å²) < 4.78 is 46.5. The second-order valence-corrected chi connectivity index (χ2v) is 11.3. The quantitative estimate of drug-likeness (QED) is 0.219. The smallest absolute Gasteiger partial charge is 0.253 e. The maximum atomic E-state index is 14.0. The predicted molar refractivity (Wildman–Crippen MR) is 146 cm³/mol. The number of hydrogen-bond acceptors (Lipinski definition) is 4. The molecule has 1 aliphatic carbocycles. The van der Waals surface area contributed by atoms with Crippen molar-refractivity contribution in [1.82, 2.24) is 0 Å². The van der Waals surface area contributed by atoms with Gasteiger partial charge in [-0.15, -0.1) is 0 Å². The Balaban J connectivity index is 1.60. The number of carbonyl (C=O) groups excluding carboxylic acids is 1. The molecule has 6 nitrogen and oxygen atoms in total. The molecule has 1 fully saturated rings. The first-order valence-corrected chi connectivity index (χ1v) is 13.9. The van der Waals surface area contributed by atoms with E-state index in [0.717, 1.165) is 18.4 Å². The van der Waals surface area contributed by atoms with E-state index in [1.807, 2.05) is 6.07 Å². The summed E-state index contributed by atoms with van der Waals surface area (Å²) in [7, 11) is 0. The summed E-state index contributed by atoms with van der Waals surface area (Å²) in [6, 6.07) is 15.0. The van der Waals surface area contributed by atoms with Gasteiger partial charge >= 0.3 is 0 Å². The number of anilines is 1. The number of benzene rings is 3. The molecule has 5 rings (SSSR count). The standard InChI is InChI=1S/C27H23BrClFN2O4S/c28-21-8-3-16(12-22(21)30)9-10-32(37(34)35)23-14-24-20(13-18(23)11-15-1-2-15)25(27(31)33)26(36-24)17-4-6-19(29)7-5-17/h3-8,12-15H,1-2,9-11H2,(H2,31,33)(H,34,35)/p-1. The van der Waals surface area contributed by atoms with Crippen LogP contribution < -0.4 is 10.0 Å². The van der Waals surface area contributed by atoms with Crippen LogP contribution in [0.2, 0.25) is 5.02 Å². The van der Waals surface area contributed by atoms with Crippen LogP contribution in [0.1, 0.15) is 34.3 Å². The summed E-state index contributed by atoms with van der Waals surface area (Å²) >= 11 is 6.56. The molecule has 0 saturated heterocycles. The van der Waals surface area contributed by atoms with Crippen molar-refractivity contribution in [2.24, 2.45) is 11.7 Å². The van der Waals surface area contributed by atoms with Crippen molar-refractivity contribution in [3.8, 4) is 11.3 Å². The summed E-state index contributed by atoms with van der Waals surface area (Å²) in [6.45, 7) is 0.105. The number of fused-ring (bicyclic) bond motifs is 1. The fraction of sp³-hybridized carbons (Fsp3) is 0.222. The molecule has 0 radical (unpaired) electrons. The lowest BCUT2D eigenvalue weighted by Gasteiger charge is -2.28. The number of halogens is 3. The third kappa shape index (κ3) is 5.60. The minimum atomic E-state index is -2.60. The van der Waals surface area contributed by atoms with E-state index in [0.29, 0.717) is 61.8 Å². The first kappa shape index (κ1) is 25.9. The summed E-state index contributed by atoms with van der Waals surface area (Å²) in [4.78, 5) is 12.5. The van der Waals surface area contributed by atoms with Gasteiger partial charge in [0.25, 0.3) is 5.91 Å². The minimum Gasteiger partial charge on any atom is -0.755 e. The Morgan fingerprint density at radius 3 is 2.54 bits per heavy atom. The number of carbonyl (C=O) groups is 1. The Morgan fingerprint density at radius 2 is 1.92 bits per heavy atom. The van der Waals surface area contributed by atoms with Gasteiger partial charge in [0, 0.05) is 39.8 Å². The maximum absolute atomic E-state index is 14.0. The van der Waals surface area contributed by atoms with Crippen LogP contribution in [0.25, 0.3) is 22.3 Å². The van der Waals surface area contributed by atoms with Crippen molar-refractivity contribution in [3.05, 3.63) is 86.6 Å². The van der Waals surface area contributed by atoms with Crippen molar-refractivity contribution in [2.45, 2.75) is 25.7 Å². The molecule has 1 aliphatic rings. The van der Waals surface area contributed by atoms with E-state index in [1.54, 1.807) is 42.5 Å². The predicted octanol–water partition coefficient (Wildman–Crippen LogP) is 6.55. The van der Waals surface area contributed by atoms with Crippen LogP contribution in [-0.2, 0) is 24.1 Å². The van der Waals surface area contributed by atoms with E-state index in [9.17, 15) is 17.9 Å². The first-order valence-electron chi connectivity index (χ1n) is 11.7. The highest BCUT2D eigenvalue weighted by molar-refractivity contribution is 9.10. The van der Waals surface area contributed by atoms with Crippen LogP contribution in [0.15, 0.2) is 63.5 Å². The molecule has 1 atom stereocenters. The van der Waals surface area contributed by atoms with Crippen LogP contribution in [0.3, 0.4) is 0 Å². The van der Waals surface area contributed by atoms with Gasteiger partial charge in [-0.05, 0) is 101 Å². The number of amides is 1. The van der Waals surface area contributed by atoms with Crippen LogP contribution in [-0.4, -0.2) is 21.2 Å². The molecule has 1 amide bonds. The van der Waals surface area contributed by atoms with Gasteiger partial charge in [0.05, 0.1) is 15.7 Å². The second kappa shape index (κ2) is 10.6.